The molecule has 0 saturated carbocycles. The van der Waals surface area contributed by atoms with Crippen molar-refractivity contribution in [2.45, 2.75) is 6.92 Å². The molecule has 0 aliphatic carbocycles. The summed E-state index contributed by atoms with van der Waals surface area (Å²) in [6, 6.07) is 6.00. The van der Waals surface area contributed by atoms with E-state index in [-0.39, 0.29) is 5.56 Å². The molecule has 1 heterocycles. The van der Waals surface area contributed by atoms with Crippen LogP contribution in [0.1, 0.15) is 16.1 Å². The summed E-state index contributed by atoms with van der Waals surface area (Å²) in [5.74, 6) is -1.42. The molecule has 0 unspecified atom stereocenters. The van der Waals surface area contributed by atoms with Crippen LogP contribution in [0.3, 0.4) is 0 Å². The highest BCUT2D eigenvalue weighted by atomic mass is 19.1. The van der Waals surface area contributed by atoms with Crippen LogP contribution >= 0.6 is 0 Å². The normalized spacial score (nSPS) is 10.4. The lowest BCUT2D eigenvalue weighted by Crippen LogP contribution is -2.13. The van der Waals surface area contributed by atoms with Crippen molar-refractivity contribution in [1.29, 1.82) is 0 Å². The maximum atomic E-state index is 13.5. The smallest absolute Gasteiger partial charge is 0.251 e. The highest BCUT2D eigenvalue weighted by molar-refractivity contribution is 5.93. The fourth-order valence-electron chi connectivity index (χ4n) is 1.48. The Bertz CT molecular complexity index is 548. The van der Waals surface area contributed by atoms with E-state index in [1.165, 1.54) is 12.1 Å². The van der Waals surface area contributed by atoms with Crippen LogP contribution in [-0.4, -0.2) is 15.7 Å². The molecule has 0 atom stereocenters. The number of hydrogen-bond acceptors (Lipinski definition) is 2. The molecule has 0 aliphatic rings. The molecule has 1 aromatic heterocycles. The fraction of sp³-hybridized carbons (Fsp3) is 0.0909. The summed E-state index contributed by atoms with van der Waals surface area (Å²) in [5, 5.41) is 4.04. The van der Waals surface area contributed by atoms with Crippen LogP contribution in [-0.2, 0) is 0 Å². The standard InChI is InChI=1S/C11H10FN3O/c1-7-4-5-14-15(7)8-2-3-9(11(13)16)10(12)6-8/h2-6H,1H3,(H2,13,16). The molecule has 0 radical (unpaired) electrons. The zero-order valence-electron chi connectivity index (χ0n) is 8.64. The topological polar surface area (TPSA) is 60.9 Å². The number of nitrogens with zero attached hydrogens (tertiary/aromatic N) is 2. The van der Waals surface area contributed by atoms with Gasteiger partial charge in [0.25, 0.3) is 5.91 Å². The first-order chi connectivity index (χ1) is 7.59. The molecule has 0 fully saturated rings. The molecule has 0 aliphatic heterocycles. The van der Waals surface area contributed by atoms with Crippen LogP contribution in [0.25, 0.3) is 5.69 Å². The molecule has 2 N–H and O–H groups in total. The molecule has 0 saturated heterocycles. The predicted molar refractivity (Wildman–Crippen MR) is 56.8 cm³/mol. The number of carbonyl (C=O) groups excluding carboxylic acids is 1. The van der Waals surface area contributed by atoms with Crippen molar-refractivity contribution < 1.29 is 9.18 Å². The van der Waals surface area contributed by atoms with E-state index in [9.17, 15) is 9.18 Å². The number of aromatic nitrogens is 2. The second-order valence-corrected chi connectivity index (χ2v) is 3.41. The van der Waals surface area contributed by atoms with E-state index in [2.05, 4.69) is 5.10 Å². The van der Waals surface area contributed by atoms with Gasteiger partial charge in [-0.05, 0) is 25.1 Å². The second-order valence-electron chi connectivity index (χ2n) is 3.41. The number of benzene rings is 1. The van der Waals surface area contributed by atoms with Gasteiger partial charge >= 0.3 is 0 Å². The zero-order chi connectivity index (χ0) is 11.7. The van der Waals surface area contributed by atoms with E-state index in [0.29, 0.717) is 5.69 Å². The van der Waals surface area contributed by atoms with E-state index < -0.39 is 11.7 Å². The largest absolute Gasteiger partial charge is 0.366 e. The highest BCUT2D eigenvalue weighted by Crippen LogP contribution is 2.14. The van der Waals surface area contributed by atoms with Crippen LogP contribution in [0.4, 0.5) is 4.39 Å². The third-order valence-corrected chi connectivity index (χ3v) is 2.29. The van der Waals surface area contributed by atoms with Gasteiger partial charge in [-0.3, -0.25) is 4.79 Å². The summed E-state index contributed by atoms with van der Waals surface area (Å²) in [6.07, 6.45) is 1.62. The maximum absolute atomic E-state index is 13.5. The van der Waals surface area contributed by atoms with Gasteiger partial charge in [0.1, 0.15) is 5.82 Å². The second kappa shape index (κ2) is 3.77. The van der Waals surface area contributed by atoms with Gasteiger partial charge in [-0.1, -0.05) is 0 Å². The number of halogens is 1. The van der Waals surface area contributed by atoms with Crippen molar-refractivity contribution in [3.63, 3.8) is 0 Å². The van der Waals surface area contributed by atoms with E-state index in [0.717, 1.165) is 5.69 Å². The first kappa shape index (κ1) is 10.4. The SMILES string of the molecule is Cc1ccnn1-c1ccc(C(N)=O)c(F)c1. The Kier molecular flexibility index (Phi) is 2.44. The lowest BCUT2D eigenvalue weighted by Gasteiger charge is -2.05. The molecule has 5 heteroatoms. The van der Waals surface area contributed by atoms with Crippen molar-refractivity contribution >= 4 is 5.91 Å². The lowest BCUT2D eigenvalue weighted by atomic mass is 10.2. The first-order valence-corrected chi connectivity index (χ1v) is 4.70. The average Bonchev–Trinajstić information content (AvgIpc) is 2.63. The Labute approximate surface area is 91.5 Å². The van der Waals surface area contributed by atoms with Gasteiger partial charge in [0.05, 0.1) is 11.3 Å². The van der Waals surface area contributed by atoms with Crippen molar-refractivity contribution in [2.75, 3.05) is 0 Å². The van der Waals surface area contributed by atoms with Crippen LogP contribution in [0.15, 0.2) is 30.5 Å². The van der Waals surface area contributed by atoms with Gasteiger partial charge < -0.3 is 5.73 Å². The summed E-state index contributed by atoms with van der Waals surface area (Å²) in [5.41, 5.74) is 6.34. The van der Waals surface area contributed by atoms with Gasteiger partial charge in [-0.25, -0.2) is 9.07 Å². The summed E-state index contributed by atoms with van der Waals surface area (Å²) in [7, 11) is 0. The van der Waals surface area contributed by atoms with Gasteiger partial charge in [-0.2, -0.15) is 5.10 Å². The number of hydrogen-bond donors (Lipinski definition) is 1. The number of primary amides is 1. The minimum Gasteiger partial charge on any atom is -0.366 e. The highest BCUT2D eigenvalue weighted by Gasteiger charge is 2.10. The summed E-state index contributed by atoms with van der Waals surface area (Å²) < 4.78 is 15.1. The van der Waals surface area contributed by atoms with Gasteiger partial charge in [0.2, 0.25) is 0 Å². The number of nitrogens with two attached hydrogens (primary N) is 1. The third kappa shape index (κ3) is 1.67. The summed E-state index contributed by atoms with van der Waals surface area (Å²) in [4.78, 5) is 10.8. The molecular formula is C11H10FN3O. The molecule has 2 aromatic rings. The van der Waals surface area contributed by atoms with E-state index in [1.807, 2.05) is 6.92 Å². The Morgan fingerprint density at radius 1 is 1.44 bits per heavy atom. The van der Waals surface area contributed by atoms with E-state index >= 15 is 0 Å². The lowest BCUT2D eigenvalue weighted by molar-refractivity contribution is 0.0996. The molecule has 1 aromatic carbocycles. The number of aryl methyl sites for hydroxylation is 1. The maximum Gasteiger partial charge on any atom is 0.251 e. The van der Waals surface area contributed by atoms with Crippen molar-refractivity contribution in [3.8, 4) is 5.69 Å². The van der Waals surface area contributed by atoms with Crippen LogP contribution in [0, 0.1) is 12.7 Å². The van der Waals surface area contributed by atoms with Crippen molar-refractivity contribution in [1.82, 2.24) is 9.78 Å². The Morgan fingerprint density at radius 2 is 2.19 bits per heavy atom. The molecule has 0 spiro atoms. The van der Waals surface area contributed by atoms with Gasteiger partial charge in [0.15, 0.2) is 0 Å². The van der Waals surface area contributed by atoms with Crippen molar-refractivity contribution in [3.05, 3.63) is 47.5 Å². The number of carbonyl (C=O) groups is 1. The fourth-order valence-corrected chi connectivity index (χ4v) is 1.48. The predicted octanol–water partition coefficient (Wildman–Crippen LogP) is 1.42. The minimum atomic E-state index is -0.777. The number of rotatable bonds is 2. The van der Waals surface area contributed by atoms with E-state index in [1.54, 1.807) is 23.0 Å². The van der Waals surface area contributed by atoms with Crippen LogP contribution < -0.4 is 5.73 Å². The molecule has 0 bridgehead atoms. The Balaban J connectivity index is 2.50. The molecule has 1 amide bonds. The monoisotopic (exact) mass is 219 g/mol. The molecular weight excluding hydrogens is 209 g/mol. The third-order valence-electron chi connectivity index (χ3n) is 2.29. The summed E-state index contributed by atoms with van der Waals surface area (Å²) in [6.45, 7) is 1.85. The minimum absolute atomic E-state index is 0.117. The average molecular weight is 219 g/mol. The van der Waals surface area contributed by atoms with Crippen LogP contribution in [0.2, 0.25) is 0 Å². The summed E-state index contributed by atoms with van der Waals surface area (Å²) >= 11 is 0. The van der Waals surface area contributed by atoms with E-state index in [4.69, 9.17) is 5.73 Å². The Hall–Kier alpha value is -2.17. The van der Waals surface area contributed by atoms with Crippen LogP contribution in [0.5, 0.6) is 0 Å². The van der Waals surface area contributed by atoms with Gasteiger partial charge in [0, 0.05) is 18.0 Å². The molecule has 16 heavy (non-hydrogen) atoms. The number of amides is 1. The first-order valence-electron chi connectivity index (χ1n) is 4.70. The van der Waals surface area contributed by atoms with Gasteiger partial charge in [-0.15, -0.1) is 0 Å². The Morgan fingerprint density at radius 3 is 2.69 bits per heavy atom. The van der Waals surface area contributed by atoms with Crippen molar-refractivity contribution in [2.24, 2.45) is 5.73 Å². The molecule has 82 valence electrons. The quantitative estimate of drug-likeness (QED) is 0.830. The molecule has 2 rings (SSSR count). The molecule has 4 nitrogen and oxygen atoms in total. The zero-order valence-corrected chi connectivity index (χ0v) is 8.64.